The summed E-state index contributed by atoms with van der Waals surface area (Å²) in [5.41, 5.74) is 5.93. The lowest BCUT2D eigenvalue weighted by Crippen LogP contribution is -2.49. The van der Waals surface area contributed by atoms with Crippen LogP contribution >= 0.6 is 12.6 Å². The summed E-state index contributed by atoms with van der Waals surface area (Å²) < 4.78 is 11.4. The van der Waals surface area contributed by atoms with Gasteiger partial charge in [0.2, 0.25) is 11.8 Å². The van der Waals surface area contributed by atoms with Gasteiger partial charge in [0.1, 0.15) is 42.0 Å². The number of nitrogens with two attached hydrogens (primary N) is 1. The number of phenols is 4. The van der Waals surface area contributed by atoms with Gasteiger partial charge in [0.15, 0.2) is 17.6 Å². The van der Waals surface area contributed by atoms with Gasteiger partial charge in [-0.15, -0.1) is 0 Å². The zero-order chi connectivity index (χ0) is 29.6. The van der Waals surface area contributed by atoms with Gasteiger partial charge in [0.05, 0.1) is 0 Å². The molecule has 0 spiro atoms. The Balaban J connectivity index is 1.66. The zero-order valence-corrected chi connectivity index (χ0v) is 21.8. The van der Waals surface area contributed by atoms with Gasteiger partial charge in [-0.2, -0.15) is 12.6 Å². The first-order valence-electron chi connectivity index (χ1n) is 12.0. The number of carbonyl (C=O) groups is 4. The average molecular weight is 580 g/mol. The first-order valence-corrected chi connectivity index (χ1v) is 12.6. The molecular weight excluding hydrogens is 550 g/mol. The van der Waals surface area contributed by atoms with Gasteiger partial charge in [-0.1, -0.05) is 6.07 Å². The summed E-state index contributed by atoms with van der Waals surface area (Å²) in [5, 5.41) is 53.2. The maximum atomic E-state index is 12.7. The molecule has 15 heteroatoms. The van der Waals surface area contributed by atoms with Gasteiger partial charge >= 0.3 is 11.9 Å². The summed E-state index contributed by atoms with van der Waals surface area (Å²) in [6.45, 7) is -0.610. The summed E-state index contributed by atoms with van der Waals surface area (Å²) in [4.78, 5) is 48.0. The molecule has 0 saturated heterocycles. The number of nitrogens with one attached hydrogen (secondary N) is 2. The van der Waals surface area contributed by atoms with Crippen LogP contribution in [0.2, 0.25) is 0 Å². The van der Waals surface area contributed by atoms with Crippen molar-refractivity contribution < 1.29 is 54.2 Å². The lowest BCUT2D eigenvalue weighted by atomic mass is 9.93. The second kappa shape index (κ2) is 13.1. The number of carboxylic acids is 1. The second-order valence-electron chi connectivity index (χ2n) is 8.96. The van der Waals surface area contributed by atoms with E-state index in [1.54, 1.807) is 0 Å². The van der Waals surface area contributed by atoms with Crippen LogP contribution in [0, 0.1) is 0 Å². The number of rotatable bonds is 11. The predicted octanol–water partition coefficient (Wildman–Crippen LogP) is -0.180. The van der Waals surface area contributed by atoms with E-state index in [1.807, 2.05) is 0 Å². The summed E-state index contributed by atoms with van der Waals surface area (Å²) in [6, 6.07) is 3.84. The Bertz CT molecular complexity index is 1290. The molecule has 0 saturated carbocycles. The number of amides is 2. The Kier molecular flexibility index (Phi) is 9.90. The maximum Gasteiger partial charge on any atom is 0.325 e. The Morgan fingerprint density at radius 3 is 2.45 bits per heavy atom. The van der Waals surface area contributed by atoms with Gasteiger partial charge in [-0.3, -0.25) is 19.2 Å². The monoisotopic (exact) mass is 579 g/mol. The highest BCUT2D eigenvalue weighted by molar-refractivity contribution is 7.80. The molecule has 2 aromatic carbocycles. The molecule has 216 valence electrons. The van der Waals surface area contributed by atoms with Crippen LogP contribution in [0.1, 0.15) is 30.1 Å². The van der Waals surface area contributed by atoms with Crippen molar-refractivity contribution in [1.29, 1.82) is 0 Å². The van der Waals surface area contributed by atoms with E-state index in [0.717, 1.165) is 6.07 Å². The lowest BCUT2D eigenvalue weighted by molar-refractivity contribution is -0.155. The average Bonchev–Trinajstić information content (AvgIpc) is 2.90. The number of thiol groups is 1. The number of aromatic hydroxyl groups is 4. The van der Waals surface area contributed by atoms with E-state index in [0.29, 0.717) is 5.56 Å². The highest BCUT2D eigenvalue weighted by Crippen LogP contribution is 2.43. The van der Waals surface area contributed by atoms with Crippen LogP contribution in [0.15, 0.2) is 30.3 Å². The van der Waals surface area contributed by atoms with E-state index in [-0.39, 0.29) is 53.6 Å². The van der Waals surface area contributed by atoms with Crippen LogP contribution in [0.25, 0.3) is 0 Å². The van der Waals surface area contributed by atoms with Gasteiger partial charge in [-0.05, 0) is 18.6 Å². The minimum Gasteiger partial charge on any atom is -0.508 e. The molecule has 0 radical (unpaired) electrons. The third kappa shape index (κ3) is 7.60. The molecule has 9 N–H and O–H groups in total. The molecule has 0 aromatic heterocycles. The van der Waals surface area contributed by atoms with Crippen molar-refractivity contribution in [3.8, 4) is 28.7 Å². The molecule has 1 heterocycles. The van der Waals surface area contributed by atoms with Gasteiger partial charge in [-0.25, -0.2) is 0 Å². The van der Waals surface area contributed by atoms with E-state index in [1.165, 1.54) is 24.3 Å². The highest BCUT2D eigenvalue weighted by atomic mass is 32.1. The van der Waals surface area contributed by atoms with Gasteiger partial charge in [0.25, 0.3) is 0 Å². The molecule has 0 aliphatic carbocycles. The molecule has 40 heavy (non-hydrogen) atoms. The summed E-state index contributed by atoms with van der Waals surface area (Å²) in [6.07, 6.45) is -2.52. The van der Waals surface area contributed by atoms with E-state index in [9.17, 15) is 39.6 Å². The topological polar surface area (TPSA) is 238 Å². The number of aliphatic carboxylic acids is 1. The van der Waals surface area contributed by atoms with Crippen LogP contribution in [-0.2, 0) is 30.3 Å². The van der Waals surface area contributed by atoms with E-state index in [2.05, 4.69) is 23.3 Å². The quantitative estimate of drug-likeness (QED) is 0.0957. The first kappa shape index (κ1) is 30.2. The number of fused-ring (bicyclic) bond motifs is 1. The third-order valence-electron chi connectivity index (χ3n) is 6.02. The van der Waals surface area contributed by atoms with Gasteiger partial charge < -0.3 is 51.4 Å². The highest BCUT2D eigenvalue weighted by Gasteiger charge is 2.36. The summed E-state index contributed by atoms with van der Waals surface area (Å²) in [5.74, 6) is -4.94. The molecular formula is C25H29N3O11S. The molecule has 1 aliphatic heterocycles. The second-order valence-corrected chi connectivity index (χ2v) is 9.33. The fraction of sp³-hybridized carbons (Fsp3) is 0.360. The molecule has 0 bridgehead atoms. The van der Waals surface area contributed by atoms with Gasteiger partial charge in [0, 0.05) is 41.9 Å². The molecule has 2 aromatic rings. The maximum absolute atomic E-state index is 12.7. The number of ether oxygens (including phenoxy) is 2. The SMILES string of the molecule is NC(CCC(=O)NC(CS)C(=O)NCC(=O)OC1Cc2c(O)cc(O)cc2OC1c1ccc(O)c(O)c1)C(=O)O. The summed E-state index contributed by atoms with van der Waals surface area (Å²) >= 11 is 4.03. The number of benzene rings is 2. The Morgan fingerprint density at radius 2 is 1.80 bits per heavy atom. The fourth-order valence-electron chi connectivity index (χ4n) is 3.91. The van der Waals surface area contributed by atoms with Crippen molar-refractivity contribution in [2.75, 3.05) is 12.3 Å². The Morgan fingerprint density at radius 1 is 1.07 bits per heavy atom. The number of hydrogen-bond donors (Lipinski definition) is 9. The number of carboxylic acid groups (broad SMARTS) is 1. The van der Waals surface area contributed by atoms with E-state index < -0.39 is 60.3 Å². The molecule has 0 fully saturated rings. The molecule has 2 amide bonds. The zero-order valence-electron chi connectivity index (χ0n) is 20.9. The molecule has 4 atom stereocenters. The standard InChI is InChI=1S/C25H29N3O11S/c26-14(25(36)37)2-4-21(33)28-15(10-40)24(35)27-9-22(34)38-20-8-13-17(31)6-12(29)7-19(13)39-23(20)11-1-3-16(30)18(32)5-11/h1,3,5-7,14-15,20,23,29-32,40H,2,4,8-10,26H2,(H,27,35)(H,28,33)(H,36,37). The van der Waals surface area contributed by atoms with Crippen molar-refractivity contribution >= 4 is 36.4 Å². The van der Waals surface area contributed by atoms with Crippen molar-refractivity contribution in [3.63, 3.8) is 0 Å². The van der Waals surface area contributed by atoms with Crippen molar-refractivity contribution in [3.05, 3.63) is 41.5 Å². The number of carbonyl (C=O) groups excluding carboxylic acids is 3. The van der Waals surface area contributed by atoms with Crippen molar-refractivity contribution in [2.24, 2.45) is 5.73 Å². The first-order chi connectivity index (χ1) is 18.9. The number of phenolic OH excluding ortho intramolecular Hbond substituents is 4. The Hall–Kier alpha value is -4.37. The minimum absolute atomic E-state index is 0.0543. The van der Waals surface area contributed by atoms with Crippen LogP contribution in [0.5, 0.6) is 28.7 Å². The van der Waals surface area contributed by atoms with Crippen molar-refractivity contribution in [1.82, 2.24) is 10.6 Å². The fourth-order valence-corrected chi connectivity index (χ4v) is 4.17. The normalized spacial score (nSPS) is 17.4. The van der Waals surface area contributed by atoms with E-state index >= 15 is 0 Å². The van der Waals surface area contributed by atoms with Crippen LogP contribution in [0.4, 0.5) is 0 Å². The van der Waals surface area contributed by atoms with Crippen LogP contribution in [0.3, 0.4) is 0 Å². The molecule has 4 unspecified atom stereocenters. The smallest absolute Gasteiger partial charge is 0.325 e. The third-order valence-corrected chi connectivity index (χ3v) is 6.38. The van der Waals surface area contributed by atoms with Crippen LogP contribution < -0.4 is 21.1 Å². The lowest BCUT2D eigenvalue weighted by Gasteiger charge is -2.34. The predicted molar refractivity (Wildman–Crippen MR) is 140 cm³/mol. The summed E-state index contributed by atoms with van der Waals surface area (Å²) in [7, 11) is 0. The molecule has 3 rings (SSSR count). The largest absolute Gasteiger partial charge is 0.508 e. The number of hydrogen-bond acceptors (Lipinski definition) is 12. The van der Waals surface area contributed by atoms with Crippen LogP contribution in [-0.4, -0.2) is 79.8 Å². The Labute approximate surface area is 233 Å². The number of esters is 1. The molecule has 1 aliphatic rings. The van der Waals surface area contributed by atoms with Crippen molar-refractivity contribution in [2.45, 2.75) is 43.6 Å². The molecule has 14 nitrogen and oxygen atoms in total. The minimum atomic E-state index is -1.26. The van der Waals surface area contributed by atoms with E-state index in [4.69, 9.17) is 20.3 Å².